The van der Waals surface area contributed by atoms with Gasteiger partial charge in [-0.2, -0.15) is 0 Å². The average Bonchev–Trinajstić information content (AvgIpc) is 0.722. The summed E-state index contributed by atoms with van der Waals surface area (Å²) in [6.45, 7) is 0. The van der Waals surface area contributed by atoms with E-state index >= 15 is 0 Å². The van der Waals surface area contributed by atoms with Crippen LogP contribution in [0.2, 0.25) is 0 Å². The minimum atomic E-state index is -4.64. The normalized spacial score (nSPS) is 7.38. The maximum Gasteiger partial charge on any atom is 1.00 e. The molecule has 0 heterocycles. The summed E-state index contributed by atoms with van der Waals surface area (Å²) >= 11 is 0. The topological polar surface area (TPSA) is 77.8 Å². The maximum atomic E-state index is 8.88. The number of rotatable bonds is 0. The van der Waals surface area contributed by atoms with Gasteiger partial charge in [-0.25, -0.2) is 4.57 Å². The summed E-state index contributed by atoms with van der Waals surface area (Å²) in [4.78, 5) is 21.6. The van der Waals surface area contributed by atoms with Gasteiger partial charge >= 0.3 is 111 Å². The standard InChI is InChI=1S/FH.2K.H3O4P.H/c;;;1-5(2,3)4;/h1H;;;(H3,1,2,3,4);/q;2*+1;;-1/p-1. The Bertz CT molecular complexity index is 64.7. The molecule has 0 unspecified atom stereocenters. The molecule has 3 N–H and O–H groups in total. The molecule has 0 saturated carbocycles. The Kier molecular flexibility index (Phi) is 29.0. The van der Waals surface area contributed by atoms with Crippen LogP contribution >= 0.6 is 7.82 Å². The molecular weight excluding hydrogens is 192 g/mol. The smallest absolute Gasteiger partial charge is 1.00 e. The first-order valence-corrected chi connectivity index (χ1v) is 2.35. The van der Waals surface area contributed by atoms with Gasteiger partial charge in [0, 0.05) is 0 Å². The summed E-state index contributed by atoms with van der Waals surface area (Å²) in [5, 5.41) is 0. The average molecular weight is 196 g/mol. The Morgan fingerprint density at radius 3 is 1.12 bits per heavy atom. The third-order valence-electron chi connectivity index (χ3n) is 0. The van der Waals surface area contributed by atoms with Crippen molar-refractivity contribution in [1.29, 1.82) is 0 Å². The molecule has 42 valence electrons. The fourth-order valence-corrected chi connectivity index (χ4v) is 0. The van der Waals surface area contributed by atoms with E-state index in [4.69, 9.17) is 19.2 Å². The molecule has 0 bridgehead atoms. The number of halogens is 1. The number of hydrogen-bond acceptors (Lipinski definition) is 1. The van der Waals surface area contributed by atoms with E-state index in [1.54, 1.807) is 0 Å². The van der Waals surface area contributed by atoms with E-state index in [1.165, 1.54) is 0 Å². The van der Waals surface area contributed by atoms with Crippen LogP contribution in [0.5, 0.6) is 0 Å². The second-order valence-electron chi connectivity index (χ2n) is 0.513. The van der Waals surface area contributed by atoms with Crippen molar-refractivity contribution in [3.05, 3.63) is 0 Å². The zero-order valence-electron chi connectivity index (χ0n) is 5.58. The van der Waals surface area contributed by atoms with Crippen LogP contribution in [-0.2, 0) is 4.57 Å². The molecule has 0 aliphatic carbocycles. The van der Waals surface area contributed by atoms with Gasteiger partial charge in [-0.15, -0.1) is 0 Å². The molecule has 0 aromatic carbocycles. The van der Waals surface area contributed by atoms with E-state index in [-0.39, 0.29) is 109 Å². The van der Waals surface area contributed by atoms with Gasteiger partial charge in [0.2, 0.25) is 0 Å². The molecule has 0 fully saturated rings. The summed E-state index contributed by atoms with van der Waals surface area (Å²) in [6.07, 6.45) is 0. The first kappa shape index (κ1) is 22.5. The quantitative estimate of drug-likeness (QED) is 0.265. The summed E-state index contributed by atoms with van der Waals surface area (Å²) in [5.41, 5.74) is 0. The van der Waals surface area contributed by atoms with Gasteiger partial charge in [0.05, 0.1) is 0 Å². The second-order valence-corrected chi connectivity index (χ2v) is 1.54. The minimum Gasteiger partial charge on any atom is -1.00 e. The van der Waals surface area contributed by atoms with Crippen LogP contribution < -0.4 is 107 Å². The molecule has 4 nitrogen and oxygen atoms in total. The van der Waals surface area contributed by atoms with E-state index in [9.17, 15) is 0 Å². The Morgan fingerprint density at radius 1 is 1.12 bits per heavy atom. The maximum absolute atomic E-state index is 8.88. The second kappa shape index (κ2) is 10.3. The summed E-state index contributed by atoms with van der Waals surface area (Å²) < 4.78 is 8.88. The fraction of sp³-hybridized carbons (Fsp3) is 0. The van der Waals surface area contributed by atoms with Crippen molar-refractivity contribution in [3.8, 4) is 0 Å². The molecule has 0 rings (SSSR count). The first-order valence-electron chi connectivity index (χ1n) is 0.783. The molecule has 0 radical (unpaired) electrons. The van der Waals surface area contributed by atoms with Crippen molar-refractivity contribution in [2.24, 2.45) is 0 Å². The van der Waals surface area contributed by atoms with Gasteiger partial charge in [0.25, 0.3) is 0 Å². The van der Waals surface area contributed by atoms with Gasteiger partial charge in [-0.3, -0.25) is 0 Å². The van der Waals surface area contributed by atoms with Gasteiger partial charge in [-0.1, -0.05) is 0 Å². The Hall–Kier alpha value is 3.31. The SMILES string of the molecule is O=P(O)(O)O.[F-].[H-].[K+].[K+]. The van der Waals surface area contributed by atoms with E-state index < -0.39 is 7.82 Å². The molecule has 0 spiro atoms. The van der Waals surface area contributed by atoms with Gasteiger partial charge < -0.3 is 20.8 Å². The van der Waals surface area contributed by atoms with Crippen LogP contribution in [0.1, 0.15) is 1.43 Å². The molecule has 8 heavy (non-hydrogen) atoms. The van der Waals surface area contributed by atoms with Crippen molar-refractivity contribution in [3.63, 3.8) is 0 Å². The molecule has 0 atom stereocenters. The van der Waals surface area contributed by atoms with Crippen molar-refractivity contribution in [2.45, 2.75) is 0 Å². The summed E-state index contributed by atoms with van der Waals surface area (Å²) in [5.74, 6) is 0. The predicted molar refractivity (Wildman–Crippen MR) is 15.4 cm³/mol. The van der Waals surface area contributed by atoms with Crippen molar-refractivity contribution >= 4 is 7.82 Å². The molecule has 8 heteroatoms. The van der Waals surface area contributed by atoms with E-state index in [2.05, 4.69) is 0 Å². The molecule has 0 amide bonds. The van der Waals surface area contributed by atoms with Crippen LogP contribution in [0.3, 0.4) is 0 Å². The molecule has 0 aromatic rings. The largest absolute Gasteiger partial charge is 1.00 e. The monoisotopic (exact) mass is 196 g/mol. The van der Waals surface area contributed by atoms with E-state index in [1.807, 2.05) is 0 Å². The van der Waals surface area contributed by atoms with Crippen molar-refractivity contribution in [2.75, 3.05) is 0 Å². The zero-order chi connectivity index (χ0) is 4.50. The summed E-state index contributed by atoms with van der Waals surface area (Å²) in [6, 6.07) is 0. The van der Waals surface area contributed by atoms with Crippen LogP contribution in [0, 0.1) is 0 Å². The zero-order valence-corrected chi connectivity index (χ0v) is 11.7. The molecule has 0 aliphatic rings. The Morgan fingerprint density at radius 2 is 1.12 bits per heavy atom. The number of hydrogen-bond donors (Lipinski definition) is 3. The molecular formula is H4FK2O4P. The van der Waals surface area contributed by atoms with Gasteiger partial charge in [0.1, 0.15) is 0 Å². The molecule has 0 saturated heterocycles. The number of phosphoric acid groups is 1. The Labute approximate surface area is 132 Å². The van der Waals surface area contributed by atoms with Crippen LogP contribution in [0.25, 0.3) is 0 Å². The van der Waals surface area contributed by atoms with Crippen LogP contribution in [0.15, 0.2) is 0 Å². The Balaban J connectivity index is -0.0000000133. The van der Waals surface area contributed by atoms with Gasteiger partial charge in [-0.05, 0) is 0 Å². The van der Waals surface area contributed by atoms with Crippen LogP contribution in [0.4, 0.5) is 0 Å². The molecule has 0 aromatic heterocycles. The fourth-order valence-electron chi connectivity index (χ4n) is 0. The van der Waals surface area contributed by atoms with Crippen molar-refractivity contribution in [1.82, 2.24) is 0 Å². The molecule has 0 aliphatic heterocycles. The van der Waals surface area contributed by atoms with E-state index in [0.29, 0.717) is 0 Å². The van der Waals surface area contributed by atoms with Crippen molar-refractivity contribution < 1.29 is 128 Å². The summed E-state index contributed by atoms with van der Waals surface area (Å²) in [7, 11) is -4.64. The van der Waals surface area contributed by atoms with E-state index in [0.717, 1.165) is 0 Å². The minimum absolute atomic E-state index is 0. The first-order chi connectivity index (χ1) is 2.00. The van der Waals surface area contributed by atoms with Gasteiger partial charge in [0.15, 0.2) is 0 Å². The third kappa shape index (κ3) is 58.6. The predicted octanol–water partition coefficient (Wildman–Crippen LogP) is -9.80. The third-order valence-corrected chi connectivity index (χ3v) is 0. The van der Waals surface area contributed by atoms with Crippen LogP contribution in [-0.4, -0.2) is 14.7 Å².